The highest BCUT2D eigenvalue weighted by atomic mass is 16.3. The molecule has 12 aromatic rings. The largest absolute Gasteiger partial charge is 0.456 e. The van der Waals surface area contributed by atoms with Gasteiger partial charge in [0, 0.05) is 39.2 Å². The summed E-state index contributed by atoms with van der Waals surface area (Å²) in [5, 5.41) is 14.0. The third-order valence-electron chi connectivity index (χ3n) is 11.2. The zero-order chi connectivity index (χ0) is 36.0. The number of aromatic nitrogens is 1. The fourth-order valence-electron chi connectivity index (χ4n) is 8.64. The average molecular weight is 703 g/mol. The van der Waals surface area contributed by atoms with E-state index in [0.29, 0.717) is 5.89 Å². The fraction of sp³-hybridized carbons (Fsp3) is 0. The molecule has 4 heteroatoms. The third-order valence-corrected chi connectivity index (χ3v) is 11.2. The molecule has 2 heterocycles. The first-order valence-electron chi connectivity index (χ1n) is 18.6. The highest BCUT2D eigenvalue weighted by molar-refractivity contribution is 6.20. The number of nitrogens with zero attached hydrogens (tertiary/aromatic N) is 2. The lowest BCUT2D eigenvalue weighted by Gasteiger charge is -2.27. The number of benzene rings is 10. The first kappa shape index (κ1) is 30.1. The van der Waals surface area contributed by atoms with Crippen LogP contribution in [0.1, 0.15) is 0 Å². The zero-order valence-corrected chi connectivity index (χ0v) is 29.5. The number of furan rings is 1. The molecule has 0 saturated heterocycles. The minimum absolute atomic E-state index is 0.580. The lowest BCUT2D eigenvalue weighted by Crippen LogP contribution is -2.10. The van der Waals surface area contributed by atoms with Crippen LogP contribution in [0.5, 0.6) is 0 Å². The number of hydrogen-bond donors (Lipinski definition) is 0. The van der Waals surface area contributed by atoms with E-state index in [1.165, 1.54) is 43.1 Å². The van der Waals surface area contributed by atoms with Gasteiger partial charge in [-0.15, -0.1) is 0 Å². The smallest absolute Gasteiger partial charge is 0.228 e. The Morgan fingerprint density at radius 2 is 0.982 bits per heavy atom. The second-order valence-electron chi connectivity index (χ2n) is 14.3. The van der Waals surface area contributed by atoms with E-state index in [0.717, 1.165) is 66.4 Å². The Morgan fingerprint density at radius 1 is 0.364 bits per heavy atom. The molecule has 0 bridgehead atoms. The van der Waals surface area contributed by atoms with Crippen LogP contribution in [0.25, 0.3) is 98.4 Å². The predicted molar refractivity (Wildman–Crippen MR) is 229 cm³/mol. The van der Waals surface area contributed by atoms with Gasteiger partial charge in [-0.3, -0.25) is 0 Å². The molecule has 10 aromatic carbocycles. The van der Waals surface area contributed by atoms with Gasteiger partial charge in [0.2, 0.25) is 5.89 Å². The molecule has 2 aromatic heterocycles. The monoisotopic (exact) mass is 702 g/mol. The fourth-order valence-corrected chi connectivity index (χ4v) is 8.64. The highest BCUT2D eigenvalue weighted by Gasteiger charge is 2.21. The van der Waals surface area contributed by atoms with Gasteiger partial charge in [-0.25, -0.2) is 4.98 Å². The van der Waals surface area contributed by atoms with Gasteiger partial charge < -0.3 is 13.7 Å². The Balaban J connectivity index is 1.06. The molecule has 256 valence electrons. The van der Waals surface area contributed by atoms with Crippen molar-refractivity contribution in [1.29, 1.82) is 0 Å². The minimum atomic E-state index is 0.580. The molecule has 0 aliphatic carbocycles. The number of hydrogen-bond acceptors (Lipinski definition) is 4. The normalized spacial score (nSPS) is 12.0. The van der Waals surface area contributed by atoms with E-state index in [9.17, 15) is 0 Å². The first-order valence-corrected chi connectivity index (χ1v) is 18.6. The van der Waals surface area contributed by atoms with Crippen LogP contribution in [0, 0.1) is 0 Å². The lowest BCUT2D eigenvalue weighted by molar-refractivity contribution is 0.620. The Hall–Kier alpha value is -7.43. The van der Waals surface area contributed by atoms with Gasteiger partial charge >= 0.3 is 0 Å². The SMILES string of the molecule is c1ccc2cc(N(c3ccc4c(c3)oc3cccc(-c5nc6cc7ccccc7cc6o5)c34)c3cccc4c3ccc3c5ccccc5ccc43)ccc2c1. The number of rotatable bonds is 4. The lowest BCUT2D eigenvalue weighted by atomic mass is 9.96. The van der Waals surface area contributed by atoms with E-state index in [4.69, 9.17) is 13.8 Å². The number of anilines is 3. The zero-order valence-electron chi connectivity index (χ0n) is 29.5. The van der Waals surface area contributed by atoms with Crippen LogP contribution in [-0.2, 0) is 0 Å². The molecule has 4 nitrogen and oxygen atoms in total. The summed E-state index contributed by atoms with van der Waals surface area (Å²) >= 11 is 0. The molecule has 0 atom stereocenters. The third kappa shape index (κ3) is 4.62. The summed E-state index contributed by atoms with van der Waals surface area (Å²) in [5.74, 6) is 0.580. The van der Waals surface area contributed by atoms with Crippen molar-refractivity contribution in [3.8, 4) is 11.5 Å². The Morgan fingerprint density at radius 3 is 1.87 bits per heavy atom. The van der Waals surface area contributed by atoms with Gasteiger partial charge in [-0.05, 0) is 103 Å². The van der Waals surface area contributed by atoms with E-state index in [1.807, 2.05) is 24.3 Å². The van der Waals surface area contributed by atoms with Gasteiger partial charge in [0.05, 0.1) is 5.69 Å². The van der Waals surface area contributed by atoms with Crippen molar-refractivity contribution in [2.24, 2.45) is 0 Å². The van der Waals surface area contributed by atoms with Crippen molar-refractivity contribution < 1.29 is 8.83 Å². The molecule has 0 amide bonds. The molecule has 0 spiro atoms. The van der Waals surface area contributed by atoms with Crippen molar-refractivity contribution in [3.05, 3.63) is 182 Å². The van der Waals surface area contributed by atoms with Crippen LogP contribution in [0.3, 0.4) is 0 Å². The molecule has 0 fully saturated rings. The molecule has 12 rings (SSSR count). The summed E-state index contributed by atoms with van der Waals surface area (Å²) in [4.78, 5) is 7.33. The second kappa shape index (κ2) is 11.5. The minimum Gasteiger partial charge on any atom is -0.456 e. The van der Waals surface area contributed by atoms with E-state index < -0.39 is 0 Å². The van der Waals surface area contributed by atoms with Crippen LogP contribution in [-0.4, -0.2) is 4.98 Å². The quantitative estimate of drug-likeness (QED) is 0.171. The van der Waals surface area contributed by atoms with Crippen LogP contribution in [0.2, 0.25) is 0 Å². The molecule has 0 aliphatic rings. The summed E-state index contributed by atoms with van der Waals surface area (Å²) in [7, 11) is 0. The average Bonchev–Trinajstić information content (AvgIpc) is 3.83. The van der Waals surface area contributed by atoms with Gasteiger partial charge in [0.25, 0.3) is 0 Å². The van der Waals surface area contributed by atoms with E-state index in [2.05, 4.69) is 163 Å². The maximum Gasteiger partial charge on any atom is 0.228 e. The maximum atomic E-state index is 6.67. The Labute approximate surface area is 315 Å². The standard InChI is InChI=1S/C51H30N2O2/c1-2-11-33-27-36(21-19-31(33)9-1)53(46-17-7-15-39-41-23-20-32-10-5-6-14-38(32)40(41)25-26-42(39)46)37-22-24-43-48(30-37)54-47-18-8-16-44(50(43)47)51-52-45-28-34-12-3-4-13-35(34)29-49(45)55-51/h1-30H. The van der Waals surface area contributed by atoms with Crippen LogP contribution in [0.15, 0.2) is 191 Å². The predicted octanol–water partition coefficient (Wildman–Crippen LogP) is 14.6. The molecule has 0 N–H and O–H groups in total. The molecular formula is C51H30N2O2. The molecule has 0 saturated carbocycles. The molecule has 0 unspecified atom stereocenters. The summed E-state index contributed by atoms with van der Waals surface area (Å²) in [6, 6.07) is 64.7. The van der Waals surface area contributed by atoms with Crippen molar-refractivity contribution in [2.75, 3.05) is 4.90 Å². The Bertz CT molecular complexity index is 3470. The molecule has 0 aliphatic heterocycles. The van der Waals surface area contributed by atoms with Crippen LogP contribution >= 0.6 is 0 Å². The van der Waals surface area contributed by atoms with Crippen molar-refractivity contribution in [3.63, 3.8) is 0 Å². The van der Waals surface area contributed by atoms with Crippen molar-refractivity contribution in [1.82, 2.24) is 4.98 Å². The number of oxazole rings is 1. The highest BCUT2D eigenvalue weighted by Crippen LogP contribution is 2.45. The van der Waals surface area contributed by atoms with Crippen molar-refractivity contribution in [2.45, 2.75) is 0 Å². The van der Waals surface area contributed by atoms with Crippen LogP contribution in [0.4, 0.5) is 17.1 Å². The van der Waals surface area contributed by atoms with E-state index in [-0.39, 0.29) is 0 Å². The molecule has 55 heavy (non-hydrogen) atoms. The number of fused-ring (bicyclic) bond motifs is 11. The van der Waals surface area contributed by atoms with Crippen molar-refractivity contribution >= 4 is 104 Å². The van der Waals surface area contributed by atoms with Gasteiger partial charge in [-0.2, -0.15) is 0 Å². The van der Waals surface area contributed by atoms with Gasteiger partial charge in [-0.1, -0.05) is 121 Å². The van der Waals surface area contributed by atoms with E-state index in [1.54, 1.807) is 0 Å². The van der Waals surface area contributed by atoms with E-state index >= 15 is 0 Å². The topological polar surface area (TPSA) is 42.4 Å². The van der Waals surface area contributed by atoms with Gasteiger partial charge in [0.1, 0.15) is 16.7 Å². The van der Waals surface area contributed by atoms with Crippen LogP contribution < -0.4 is 4.90 Å². The Kier molecular flexibility index (Phi) is 6.31. The first-order chi connectivity index (χ1) is 27.2. The summed E-state index contributed by atoms with van der Waals surface area (Å²) in [6.45, 7) is 0. The molecule has 0 radical (unpaired) electrons. The maximum absolute atomic E-state index is 6.67. The summed E-state index contributed by atoms with van der Waals surface area (Å²) in [6.07, 6.45) is 0. The second-order valence-corrected chi connectivity index (χ2v) is 14.3. The summed E-state index contributed by atoms with van der Waals surface area (Å²) < 4.78 is 13.1. The van der Waals surface area contributed by atoms with Gasteiger partial charge in [0.15, 0.2) is 5.58 Å². The summed E-state index contributed by atoms with van der Waals surface area (Å²) in [5.41, 5.74) is 7.26. The molecular weight excluding hydrogens is 673 g/mol.